The first-order chi connectivity index (χ1) is 15.0. The molecular formula is C28H44O4. The van der Waals surface area contributed by atoms with Gasteiger partial charge in [0, 0.05) is 5.57 Å². The topological polar surface area (TPSA) is 55.8 Å². The summed E-state index contributed by atoms with van der Waals surface area (Å²) in [6.07, 6.45) is 10.4. The molecule has 4 nitrogen and oxygen atoms in total. The Bertz CT molecular complexity index is 715. The van der Waals surface area contributed by atoms with Crippen molar-refractivity contribution in [2.45, 2.75) is 109 Å². The zero-order chi connectivity index (χ0) is 23.3. The largest absolute Gasteiger partial charge is 0.455 e. The lowest BCUT2D eigenvalue weighted by Crippen LogP contribution is -2.58. The molecule has 5 aliphatic carbocycles. The molecule has 5 aliphatic rings. The number of carbonyl (C=O) groups is 1. The van der Waals surface area contributed by atoms with Crippen molar-refractivity contribution >= 4 is 5.97 Å². The first kappa shape index (κ1) is 24.0. The second-order valence-corrected chi connectivity index (χ2v) is 12.3. The van der Waals surface area contributed by atoms with E-state index in [2.05, 4.69) is 33.9 Å². The smallest absolute Gasteiger partial charge is 0.333 e. The molecule has 0 heterocycles. The molecule has 5 fully saturated rings. The van der Waals surface area contributed by atoms with Crippen molar-refractivity contribution in [3.05, 3.63) is 24.3 Å². The summed E-state index contributed by atoms with van der Waals surface area (Å²) in [6, 6.07) is 0. The van der Waals surface area contributed by atoms with Crippen LogP contribution < -0.4 is 0 Å². The monoisotopic (exact) mass is 444 g/mol. The van der Waals surface area contributed by atoms with E-state index in [1.807, 2.05) is 0 Å². The summed E-state index contributed by atoms with van der Waals surface area (Å²) in [5, 5.41) is 10.1. The average molecular weight is 445 g/mol. The predicted molar refractivity (Wildman–Crippen MR) is 127 cm³/mol. The molecule has 0 amide bonds. The predicted octanol–water partition coefficient (Wildman–Crippen LogP) is 6.19. The Morgan fingerprint density at radius 2 is 1.56 bits per heavy atom. The fourth-order valence-corrected chi connectivity index (χ4v) is 7.54. The van der Waals surface area contributed by atoms with Gasteiger partial charge in [0.15, 0.2) is 6.29 Å². The molecule has 0 aliphatic heterocycles. The van der Waals surface area contributed by atoms with Crippen LogP contribution in [0.5, 0.6) is 0 Å². The van der Waals surface area contributed by atoms with E-state index in [4.69, 9.17) is 9.47 Å². The van der Waals surface area contributed by atoms with Crippen LogP contribution in [0.25, 0.3) is 0 Å². The van der Waals surface area contributed by atoms with Crippen LogP contribution in [0.1, 0.15) is 91.9 Å². The first-order valence-corrected chi connectivity index (χ1v) is 12.9. The molecule has 0 radical (unpaired) electrons. The summed E-state index contributed by atoms with van der Waals surface area (Å²) in [7, 11) is 0. The Hall–Kier alpha value is -1.13. The van der Waals surface area contributed by atoms with E-state index in [9.17, 15) is 9.90 Å². The van der Waals surface area contributed by atoms with E-state index in [-0.39, 0.29) is 11.6 Å². The van der Waals surface area contributed by atoms with Gasteiger partial charge < -0.3 is 14.6 Å². The number of rotatable bonds is 8. The van der Waals surface area contributed by atoms with E-state index in [0.29, 0.717) is 34.8 Å². The summed E-state index contributed by atoms with van der Waals surface area (Å²) in [4.78, 5) is 13.0. The highest BCUT2D eigenvalue weighted by molar-refractivity contribution is 5.88. The van der Waals surface area contributed by atoms with Gasteiger partial charge in [0.05, 0.1) is 5.60 Å². The summed E-state index contributed by atoms with van der Waals surface area (Å²) in [6.45, 7) is 16.0. The van der Waals surface area contributed by atoms with Gasteiger partial charge in [0.25, 0.3) is 0 Å². The Balaban J connectivity index is 1.26. The van der Waals surface area contributed by atoms with Gasteiger partial charge in [0.1, 0.15) is 5.60 Å². The van der Waals surface area contributed by atoms with E-state index in [1.54, 1.807) is 6.92 Å². The zero-order valence-corrected chi connectivity index (χ0v) is 20.7. The number of hydrogen-bond acceptors (Lipinski definition) is 4. The number of aliphatic hydroxyl groups is 1. The lowest BCUT2D eigenvalue weighted by atomic mass is 9.50. The third kappa shape index (κ3) is 4.73. The molecule has 1 atom stereocenters. The van der Waals surface area contributed by atoms with Crippen LogP contribution in [-0.4, -0.2) is 28.6 Å². The second-order valence-electron chi connectivity index (χ2n) is 12.3. The quantitative estimate of drug-likeness (QED) is 0.210. The van der Waals surface area contributed by atoms with Crippen molar-refractivity contribution in [2.75, 3.05) is 0 Å². The highest BCUT2D eigenvalue weighted by atomic mass is 16.6. The Kier molecular flexibility index (Phi) is 6.68. The number of ether oxygens (including phenoxy) is 2. The van der Waals surface area contributed by atoms with Gasteiger partial charge in [-0.1, -0.05) is 13.2 Å². The molecule has 180 valence electrons. The van der Waals surface area contributed by atoms with Crippen LogP contribution in [0.15, 0.2) is 24.3 Å². The van der Waals surface area contributed by atoms with Crippen molar-refractivity contribution in [2.24, 2.45) is 35.5 Å². The van der Waals surface area contributed by atoms with Gasteiger partial charge in [-0.3, -0.25) is 0 Å². The molecular weight excluding hydrogens is 400 g/mol. The third-order valence-electron chi connectivity index (χ3n) is 9.56. The molecule has 1 N–H and O–H groups in total. The molecule has 0 spiro atoms. The van der Waals surface area contributed by atoms with Crippen molar-refractivity contribution in [3.8, 4) is 0 Å². The molecule has 4 bridgehead atoms. The van der Waals surface area contributed by atoms with Crippen LogP contribution in [-0.2, 0) is 14.3 Å². The summed E-state index contributed by atoms with van der Waals surface area (Å²) in [5.41, 5.74) is 0.607. The number of aliphatic hydroxyl groups excluding tert-OH is 1. The maximum atomic E-state index is 13.0. The van der Waals surface area contributed by atoms with Gasteiger partial charge in [-0.2, -0.15) is 0 Å². The fourth-order valence-electron chi connectivity index (χ4n) is 7.54. The standard InChI is InChI=1S/C28H44O4/c1-17(2)25(29)31-27(4,5)22-9-7-19(8-10-22)11-18(3)26(30)32-28(6)23-13-20-12-21(15-23)16-24(28)14-20/h19-25,29H,1,3,7-16H2,2,4-6H3. The normalized spacial score (nSPS) is 39.5. The van der Waals surface area contributed by atoms with Crippen molar-refractivity contribution in [3.63, 3.8) is 0 Å². The highest BCUT2D eigenvalue weighted by Gasteiger charge is 2.57. The number of esters is 1. The molecule has 5 rings (SSSR count). The highest BCUT2D eigenvalue weighted by Crippen LogP contribution is 2.59. The lowest BCUT2D eigenvalue weighted by molar-refractivity contribution is -0.199. The van der Waals surface area contributed by atoms with E-state index < -0.39 is 11.9 Å². The molecule has 4 heteroatoms. The maximum Gasteiger partial charge on any atom is 0.333 e. The molecule has 0 saturated heterocycles. The van der Waals surface area contributed by atoms with Gasteiger partial charge in [0.2, 0.25) is 0 Å². The van der Waals surface area contributed by atoms with Gasteiger partial charge >= 0.3 is 5.97 Å². The van der Waals surface area contributed by atoms with Crippen LogP contribution in [0.4, 0.5) is 0 Å². The fraction of sp³-hybridized carbons (Fsp3) is 0.821. The van der Waals surface area contributed by atoms with E-state index in [1.165, 1.54) is 32.1 Å². The molecule has 1 unspecified atom stereocenters. The minimum absolute atomic E-state index is 0.157. The van der Waals surface area contributed by atoms with Crippen molar-refractivity contribution in [1.29, 1.82) is 0 Å². The van der Waals surface area contributed by atoms with Crippen LogP contribution in [0.2, 0.25) is 0 Å². The summed E-state index contributed by atoms with van der Waals surface area (Å²) >= 11 is 0. The molecule has 0 aromatic rings. The Morgan fingerprint density at radius 3 is 2.06 bits per heavy atom. The molecule has 32 heavy (non-hydrogen) atoms. The third-order valence-corrected chi connectivity index (χ3v) is 9.56. The zero-order valence-electron chi connectivity index (χ0n) is 20.7. The van der Waals surface area contributed by atoms with E-state index in [0.717, 1.165) is 43.9 Å². The van der Waals surface area contributed by atoms with Crippen molar-refractivity contribution < 1.29 is 19.4 Å². The molecule has 0 aromatic heterocycles. The molecule has 0 aromatic carbocycles. The lowest BCUT2D eigenvalue weighted by Gasteiger charge is -2.59. The average Bonchev–Trinajstić information content (AvgIpc) is 2.71. The van der Waals surface area contributed by atoms with Gasteiger partial charge in [-0.15, -0.1) is 0 Å². The second kappa shape index (κ2) is 8.91. The van der Waals surface area contributed by atoms with Gasteiger partial charge in [-0.05, 0) is 133 Å². The Morgan fingerprint density at radius 1 is 1.03 bits per heavy atom. The first-order valence-electron chi connectivity index (χ1n) is 12.9. The van der Waals surface area contributed by atoms with Gasteiger partial charge in [-0.25, -0.2) is 4.79 Å². The van der Waals surface area contributed by atoms with Crippen LogP contribution in [0.3, 0.4) is 0 Å². The van der Waals surface area contributed by atoms with Crippen LogP contribution >= 0.6 is 0 Å². The minimum Gasteiger partial charge on any atom is -0.455 e. The SMILES string of the molecule is C=C(CC1CCC(C(C)(C)OC(O)C(=C)C)CC1)C(=O)OC1(C)C2CC3CC(C2)CC1C3. The number of hydrogen-bond donors (Lipinski definition) is 1. The number of carbonyl (C=O) groups excluding carboxylic acids is 1. The minimum atomic E-state index is -0.913. The summed E-state index contributed by atoms with van der Waals surface area (Å²) in [5.74, 6) is 3.53. The Labute approximate surface area is 194 Å². The van der Waals surface area contributed by atoms with Crippen LogP contribution in [0, 0.1) is 35.5 Å². The van der Waals surface area contributed by atoms with E-state index >= 15 is 0 Å². The molecule has 5 saturated carbocycles. The summed E-state index contributed by atoms with van der Waals surface area (Å²) < 4.78 is 12.2. The maximum absolute atomic E-state index is 13.0. The van der Waals surface area contributed by atoms with Crippen molar-refractivity contribution in [1.82, 2.24) is 0 Å².